The van der Waals surface area contributed by atoms with Gasteiger partial charge in [0.15, 0.2) is 21.9 Å². The Kier molecular flexibility index (Phi) is 7.67. The van der Waals surface area contributed by atoms with Crippen molar-refractivity contribution in [2.45, 2.75) is 75.8 Å². The van der Waals surface area contributed by atoms with Crippen molar-refractivity contribution in [2.24, 2.45) is 0 Å². The minimum Gasteiger partial charge on any atom is -0.464 e. The summed E-state index contributed by atoms with van der Waals surface area (Å²) in [5.74, 6) is 0.158. The molecule has 1 aliphatic carbocycles. The first-order valence-electron chi connectivity index (χ1n) is 10.1. The van der Waals surface area contributed by atoms with Gasteiger partial charge in [0.1, 0.15) is 24.5 Å². The van der Waals surface area contributed by atoms with Gasteiger partial charge >= 0.3 is 5.97 Å². The summed E-state index contributed by atoms with van der Waals surface area (Å²) in [6, 6.07) is -0.193. The van der Waals surface area contributed by atoms with E-state index in [0.29, 0.717) is 24.0 Å². The molecule has 1 aromatic rings. The number of halogens is 1. The van der Waals surface area contributed by atoms with Crippen molar-refractivity contribution in [3.63, 3.8) is 0 Å². The molecule has 1 saturated carbocycles. The van der Waals surface area contributed by atoms with Gasteiger partial charge in [0, 0.05) is 5.75 Å². The Labute approximate surface area is 185 Å². The van der Waals surface area contributed by atoms with E-state index in [2.05, 4.69) is 22.2 Å². The second-order valence-electron chi connectivity index (χ2n) is 7.61. The minimum atomic E-state index is -0.766. The average Bonchev–Trinajstić information content (AvgIpc) is 3.16. The van der Waals surface area contributed by atoms with Gasteiger partial charge in [-0.2, -0.15) is 0 Å². The second-order valence-corrected chi connectivity index (χ2v) is 9.03. The number of anilines is 2. The first-order chi connectivity index (χ1) is 14.2. The van der Waals surface area contributed by atoms with Gasteiger partial charge in [-0.15, -0.1) is 0 Å². The van der Waals surface area contributed by atoms with Crippen molar-refractivity contribution in [2.75, 3.05) is 30.0 Å². The number of esters is 1. The number of thioether (sulfide) groups is 1. The van der Waals surface area contributed by atoms with E-state index in [0.717, 1.165) is 12.2 Å². The number of carbonyl (C=O) groups excluding carboxylic acids is 1. The van der Waals surface area contributed by atoms with Crippen LogP contribution in [0.15, 0.2) is 5.16 Å². The molecule has 9 nitrogen and oxygen atoms in total. The maximum atomic E-state index is 11.7. The summed E-state index contributed by atoms with van der Waals surface area (Å²) in [4.78, 5) is 20.5. The summed E-state index contributed by atoms with van der Waals surface area (Å²) in [6.07, 6.45) is 0.562. The van der Waals surface area contributed by atoms with Crippen LogP contribution in [-0.4, -0.2) is 65.0 Å². The lowest BCUT2D eigenvalue weighted by Gasteiger charge is -2.24. The highest BCUT2D eigenvalue weighted by Crippen LogP contribution is 2.41. The zero-order valence-electron chi connectivity index (χ0n) is 17.6. The quantitative estimate of drug-likeness (QED) is 0.246. The normalized spacial score (nSPS) is 27.1. The lowest BCUT2D eigenvalue weighted by Crippen LogP contribution is -2.35. The third kappa shape index (κ3) is 5.47. The number of nitrogen functional groups attached to an aromatic ring is 1. The van der Waals surface area contributed by atoms with Gasteiger partial charge in [0.05, 0.1) is 18.8 Å². The molecule has 3 N–H and O–H groups in total. The van der Waals surface area contributed by atoms with E-state index in [4.69, 9.17) is 36.3 Å². The Balaban J connectivity index is 1.75. The van der Waals surface area contributed by atoms with Gasteiger partial charge in [0.25, 0.3) is 0 Å². The molecule has 4 atom stereocenters. The molecular formula is C19H29ClN4O5S. The largest absolute Gasteiger partial charge is 0.464 e. The summed E-state index contributed by atoms with van der Waals surface area (Å²) < 4.78 is 22.9. The van der Waals surface area contributed by atoms with Gasteiger partial charge in [-0.25, -0.2) is 14.8 Å². The van der Waals surface area contributed by atoms with Gasteiger partial charge in [-0.3, -0.25) is 0 Å². The first-order valence-corrected chi connectivity index (χ1v) is 11.5. The van der Waals surface area contributed by atoms with E-state index < -0.39 is 11.8 Å². The van der Waals surface area contributed by atoms with Crippen LogP contribution in [0.2, 0.25) is 5.15 Å². The van der Waals surface area contributed by atoms with Crippen LogP contribution in [0.3, 0.4) is 0 Å². The van der Waals surface area contributed by atoms with Crippen LogP contribution in [0.5, 0.6) is 0 Å². The molecule has 0 unspecified atom stereocenters. The fourth-order valence-electron chi connectivity index (χ4n) is 3.58. The molecule has 2 heterocycles. The van der Waals surface area contributed by atoms with E-state index in [1.165, 1.54) is 11.8 Å². The van der Waals surface area contributed by atoms with Gasteiger partial charge < -0.3 is 30.0 Å². The molecule has 1 aliphatic heterocycles. The number of nitrogens with one attached hydrogen (secondary N) is 1. The predicted molar refractivity (Wildman–Crippen MR) is 115 cm³/mol. The number of hydrogen-bond donors (Lipinski definition) is 2. The standard InChI is InChI=1S/C19H29ClN4O5S/c1-5-7-30-18-23-16(20)13(21)17(24-18)22-10-8-11(27-9-12(25)26-6-2)15-14(10)28-19(3,4)29-15/h10-11,14-15H,5-9,21H2,1-4H3,(H,22,23,24)/t10-,11+,14+,15-/m1/s1. The first kappa shape index (κ1) is 23.3. The molecule has 0 spiro atoms. The van der Waals surface area contributed by atoms with Gasteiger partial charge in [-0.05, 0) is 33.6 Å². The fraction of sp³-hybridized carbons (Fsp3) is 0.737. The summed E-state index contributed by atoms with van der Waals surface area (Å²) in [5, 5.41) is 4.11. The van der Waals surface area contributed by atoms with E-state index in [-0.39, 0.29) is 41.8 Å². The smallest absolute Gasteiger partial charge is 0.332 e. The van der Waals surface area contributed by atoms with Crippen molar-refractivity contribution in [1.29, 1.82) is 0 Å². The maximum absolute atomic E-state index is 11.7. The number of ether oxygens (including phenoxy) is 4. The number of hydrogen-bond acceptors (Lipinski definition) is 10. The fourth-order valence-corrected chi connectivity index (χ4v) is 4.50. The molecule has 0 radical (unpaired) electrons. The zero-order valence-corrected chi connectivity index (χ0v) is 19.2. The van der Waals surface area contributed by atoms with Crippen LogP contribution in [0, 0.1) is 0 Å². The van der Waals surface area contributed by atoms with Crippen LogP contribution in [-0.2, 0) is 23.7 Å². The number of fused-ring (bicyclic) bond motifs is 1. The molecule has 2 fully saturated rings. The Morgan fingerprint density at radius 3 is 2.77 bits per heavy atom. The van der Waals surface area contributed by atoms with Crippen molar-refractivity contribution in [3.05, 3.63) is 5.15 Å². The number of nitrogens with zero attached hydrogens (tertiary/aromatic N) is 2. The molecule has 1 saturated heterocycles. The lowest BCUT2D eigenvalue weighted by molar-refractivity contribution is -0.171. The molecule has 2 aliphatic rings. The van der Waals surface area contributed by atoms with Crippen molar-refractivity contribution in [3.8, 4) is 0 Å². The average molecular weight is 461 g/mol. The highest BCUT2D eigenvalue weighted by atomic mass is 35.5. The molecule has 30 heavy (non-hydrogen) atoms. The van der Waals surface area contributed by atoms with Gasteiger partial charge in [0.2, 0.25) is 0 Å². The monoisotopic (exact) mass is 460 g/mol. The Morgan fingerprint density at radius 2 is 2.07 bits per heavy atom. The minimum absolute atomic E-state index is 0.141. The van der Waals surface area contributed by atoms with E-state index in [1.807, 2.05) is 13.8 Å². The number of aromatic nitrogens is 2. The second kappa shape index (κ2) is 9.86. The molecule has 168 valence electrons. The summed E-state index contributed by atoms with van der Waals surface area (Å²) in [5.41, 5.74) is 6.40. The highest BCUT2D eigenvalue weighted by molar-refractivity contribution is 7.99. The van der Waals surface area contributed by atoms with E-state index in [9.17, 15) is 4.79 Å². The maximum Gasteiger partial charge on any atom is 0.332 e. The molecule has 3 rings (SSSR count). The van der Waals surface area contributed by atoms with Crippen LogP contribution < -0.4 is 11.1 Å². The molecule has 0 bridgehead atoms. The molecule has 11 heteroatoms. The Hall–Kier alpha value is -1.33. The van der Waals surface area contributed by atoms with Crippen molar-refractivity contribution < 1.29 is 23.7 Å². The van der Waals surface area contributed by atoms with E-state index >= 15 is 0 Å². The van der Waals surface area contributed by atoms with Crippen LogP contribution in [0.25, 0.3) is 0 Å². The summed E-state index contributed by atoms with van der Waals surface area (Å²) >= 11 is 7.74. The number of rotatable bonds is 9. The SMILES string of the molecule is CCCSc1nc(Cl)c(N)c(N[C@@H]2C[C@H](OCC(=O)OCC)[C@H]3OC(C)(C)O[C@H]32)n1. The van der Waals surface area contributed by atoms with Gasteiger partial charge in [-0.1, -0.05) is 30.3 Å². The number of carbonyl (C=O) groups is 1. The Bertz CT molecular complexity index is 769. The highest BCUT2D eigenvalue weighted by Gasteiger charge is 2.55. The third-order valence-corrected chi connectivity index (χ3v) is 6.11. The lowest BCUT2D eigenvalue weighted by atomic mass is 10.2. The Morgan fingerprint density at radius 1 is 1.33 bits per heavy atom. The number of nitrogens with two attached hydrogens (primary N) is 1. The molecule has 0 aromatic carbocycles. The molecule has 1 aromatic heterocycles. The van der Waals surface area contributed by atoms with Crippen molar-refractivity contribution >= 4 is 40.8 Å². The summed E-state index contributed by atoms with van der Waals surface area (Å²) in [6.45, 7) is 7.70. The van der Waals surface area contributed by atoms with Crippen molar-refractivity contribution in [1.82, 2.24) is 9.97 Å². The molecular weight excluding hydrogens is 432 g/mol. The van der Waals surface area contributed by atoms with Crippen LogP contribution in [0.4, 0.5) is 11.5 Å². The third-order valence-electron chi connectivity index (χ3n) is 4.77. The van der Waals surface area contributed by atoms with E-state index in [1.54, 1.807) is 6.92 Å². The topological polar surface area (TPSA) is 118 Å². The predicted octanol–water partition coefficient (Wildman–Crippen LogP) is 2.87. The molecule has 0 amide bonds. The van der Waals surface area contributed by atoms with Crippen LogP contribution >= 0.6 is 23.4 Å². The van der Waals surface area contributed by atoms with Crippen LogP contribution in [0.1, 0.15) is 40.5 Å². The summed E-state index contributed by atoms with van der Waals surface area (Å²) in [7, 11) is 0. The zero-order chi connectivity index (χ0) is 21.9.